The Bertz CT molecular complexity index is 306. The van der Waals surface area contributed by atoms with Gasteiger partial charge in [-0.3, -0.25) is 14.0 Å². The summed E-state index contributed by atoms with van der Waals surface area (Å²) in [4.78, 5) is 36.9. The molecule has 0 bridgehead atoms. The molecular weight excluding hydrogens is 256 g/mol. The third-order valence-electron chi connectivity index (χ3n) is 2.35. The summed E-state index contributed by atoms with van der Waals surface area (Å²) in [5.74, 6) is 0.241. The lowest BCUT2D eigenvalue weighted by Crippen LogP contribution is -2.38. The molecule has 4 N–H and O–H groups in total. The Labute approximate surface area is 93.8 Å². The van der Waals surface area contributed by atoms with Crippen molar-refractivity contribution in [2.75, 3.05) is 6.54 Å². The molecule has 16 heavy (non-hydrogen) atoms. The van der Waals surface area contributed by atoms with Gasteiger partial charge < -0.3 is 19.6 Å². The van der Waals surface area contributed by atoms with Gasteiger partial charge in [-0.25, -0.2) is 0 Å². The number of nitrogens with zero attached hydrogens (tertiary/aromatic N) is 1. The predicted molar refractivity (Wildman–Crippen MR) is 57.0 cm³/mol. The van der Waals surface area contributed by atoms with Crippen molar-refractivity contribution >= 4 is 15.2 Å². The van der Waals surface area contributed by atoms with Gasteiger partial charge in [0.05, 0.1) is 0 Å². The standard InChI is InChI=1S/C7H15NO6P2/c1-6-2-4-8(5-3-6)7(15(9,10)11)16(12,13)14/h2,4,6-7H,3,5H2,1H3,(H2,9,10,11)(H2,12,13,14). The van der Waals surface area contributed by atoms with Crippen LogP contribution in [0.3, 0.4) is 0 Å². The Morgan fingerprint density at radius 1 is 1.25 bits per heavy atom. The van der Waals surface area contributed by atoms with Crippen LogP contribution in [0.1, 0.15) is 13.3 Å². The van der Waals surface area contributed by atoms with Crippen molar-refractivity contribution in [2.24, 2.45) is 5.92 Å². The zero-order valence-electron chi connectivity index (χ0n) is 8.67. The van der Waals surface area contributed by atoms with E-state index in [2.05, 4.69) is 0 Å². The minimum atomic E-state index is -4.87. The van der Waals surface area contributed by atoms with Crippen molar-refractivity contribution in [3.63, 3.8) is 0 Å². The summed E-state index contributed by atoms with van der Waals surface area (Å²) >= 11 is 0. The van der Waals surface area contributed by atoms with E-state index in [-0.39, 0.29) is 12.5 Å². The fourth-order valence-electron chi connectivity index (χ4n) is 1.56. The molecule has 0 aliphatic carbocycles. The maximum absolute atomic E-state index is 11.1. The molecule has 0 saturated carbocycles. The van der Waals surface area contributed by atoms with Crippen LogP contribution in [0.5, 0.6) is 0 Å². The van der Waals surface area contributed by atoms with Crippen LogP contribution in [0.2, 0.25) is 0 Å². The maximum Gasteiger partial charge on any atom is 0.354 e. The minimum Gasteiger partial charge on any atom is -0.323 e. The second kappa shape index (κ2) is 4.86. The molecule has 1 rings (SSSR count). The van der Waals surface area contributed by atoms with Gasteiger partial charge >= 0.3 is 15.2 Å². The van der Waals surface area contributed by atoms with Crippen LogP contribution < -0.4 is 0 Å². The SMILES string of the molecule is CC1[CH][CH]N(C(P(=O)(O)O)P(=O)(O)O)CC1. The molecule has 1 aliphatic rings. The van der Waals surface area contributed by atoms with Crippen LogP contribution in [0.15, 0.2) is 0 Å². The molecule has 0 amide bonds. The zero-order valence-corrected chi connectivity index (χ0v) is 10.5. The molecule has 1 saturated heterocycles. The van der Waals surface area contributed by atoms with Gasteiger partial charge in [-0.05, 0) is 18.8 Å². The van der Waals surface area contributed by atoms with E-state index >= 15 is 0 Å². The molecule has 2 radical (unpaired) electrons. The number of hydrogen-bond acceptors (Lipinski definition) is 3. The highest BCUT2D eigenvalue weighted by Crippen LogP contribution is 2.61. The van der Waals surface area contributed by atoms with Crippen molar-refractivity contribution in [2.45, 2.75) is 18.9 Å². The summed E-state index contributed by atoms with van der Waals surface area (Å²) in [6.07, 6.45) is 2.27. The van der Waals surface area contributed by atoms with E-state index in [0.717, 1.165) is 4.90 Å². The zero-order chi connectivity index (χ0) is 12.6. The lowest BCUT2D eigenvalue weighted by molar-refractivity contribution is 0.233. The van der Waals surface area contributed by atoms with E-state index in [4.69, 9.17) is 19.6 Å². The molecule has 1 atom stereocenters. The van der Waals surface area contributed by atoms with Crippen LogP contribution in [0.4, 0.5) is 0 Å². The first-order chi connectivity index (χ1) is 7.12. The minimum absolute atomic E-state index is 0.221. The second-order valence-electron chi connectivity index (χ2n) is 3.87. The number of rotatable bonds is 3. The number of piperidine rings is 1. The summed E-state index contributed by atoms with van der Waals surface area (Å²) in [7, 11) is -9.75. The van der Waals surface area contributed by atoms with Gasteiger partial charge in [-0.15, -0.1) is 0 Å². The average Bonchev–Trinajstić information content (AvgIpc) is 2.03. The van der Waals surface area contributed by atoms with E-state index < -0.39 is 20.7 Å². The Kier molecular flexibility index (Phi) is 4.35. The van der Waals surface area contributed by atoms with Crippen LogP contribution in [0, 0.1) is 18.9 Å². The van der Waals surface area contributed by atoms with E-state index in [0.29, 0.717) is 6.42 Å². The number of hydrogen-bond donors (Lipinski definition) is 4. The van der Waals surface area contributed by atoms with E-state index in [1.54, 1.807) is 6.42 Å². The van der Waals surface area contributed by atoms with Gasteiger partial charge in [0.1, 0.15) is 0 Å². The van der Waals surface area contributed by atoms with Gasteiger partial charge in [0.2, 0.25) is 5.52 Å². The van der Waals surface area contributed by atoms with Crippen molar-refractivity contribution in [1.82, 2.24) is 4.90 Å². The van der Waals surface area contributed by atoms with Crippen molar-refractivity contribution in [3.8, 4) is 0 Å². The fraction of sp³-hybridized carbons (Fsp3) is 0.714. The smallest absolute Gasteiger partial charge is 0.323 e. The molecule has 1 fully saturated rings. The third kappa shape index (κ3) is 3.64. The highest BCUT2D eigenvalue weighted by molar-refractivity contribution is 7.70. The highest BCUT2D eigenvalue weighted by atomic mass is 31.2. The van der Waals surface area contributed by atoms with Crippen molar-refractivity contribution in [3.05, 3.63) is 13.0 Å². The molecule has 7 nitrogen and oxygen atoms in total. The average molecular weight is 271 g/mol. The first kappa shape index (κ1) is 14.3. The summed E-state index contributed by atoms with van der Waals surface area (Å²) in [5, 5.41) is 0. The largest absolute Gasteiger partial charge is 0.354 e. The molecular formula is C7H15NO6P2. The normalized spacial score (nSPS) is 21.6. The van der Waals surface area contributed by atoms with Gasteiger partial charge in [-0.1, -0.05) is 6.92 Å². The summed E-state index contributed by atoms with van der Waals surface area (Å²) in [6, 6.07) is 0. The van der Waals surface area contributed by atoms with Gasteiger partial charge in [0.15, 0.2) is 0 Å². The molecule has 1 unspecified atom stereocenters. The fourth-order valence-corrected chi connectivity index (χ4v) is 4.28. The lowest BCUT2D eigenvalue weighted by atomic mass is 10.00. The Morgan fingerprint density at radius 2 is 1.75 bits per heavy atom. The molecule has 9 heteroatoms. The molecule has 0 spiro atoms. The Balaban J connectivity index is 2.87. The topological polar surface area (TPSA) is 118 Å². The molecule has 1 heterocycles. The summed E-state index contributed by atoms with van der Waals surface area (Å²) < 4.78 is 22.2. The summed E-state index contributed by atoms with van der Waals surface area (Å²) in [6.45, 7) is 3.48. The molecule has 0 aromatic heterocycles. The van der Waals surface area contributed by atoms with Gasteiger partial charge in [-0.2, -0.15) is 0 Å². The Morgan fingerprint density at radius 3 is 2.06 bits per heavy atom. The molecule has 0 aromatic carbocycles. The first-order valence-electron chi connectivity index (χ1n) is 4.67. The quantitative estimate of drug-likeness (QED) is 0.546. The van der Waals surface area contributed by atoms with Crippen LogP contribution in [0.25, 0.3) is 0 Å². The lowest BCUT2D eigenvalue weighted by Gasteiger charge is -2.35. The van der Waals surface area contributed by atoms with Gasteiger partial charge in [0.25, 0.3) is 0 Å². The van der Waals surface area contributed by atoms with Crippen LogP contribution in [-0.2, 0) is 9.13 Å². The first-order valence-corrected chi connectivity index (χ1v) is 8.03. The second-order valence-corrected chi connectivity index (χ2v) is 7.61. The molecule has 1 aliphatic heterocycles. The van der Waals surface area contributed by atoms with Crippen LogP contribution >= 0.6 is 15.2 Å². The van der Waals surface area contributed by atoms with Crippen molar-refractivity contribution < 1.29 is 28.7 Å². The van der Waals surface area contributed by atoms with Crippen molar-refractivity contribution in [1.29, 1.82) is 0 Å². The monoisotopic (exact) mass is 271 g/mol. The maximum atomic E-state index is 11.1. The van der Waals surface area contributed by atoms with E-state index in [1.807, 2.05) is 6.92 Å². The molecule has 94 valence electrons. The third-order valence-corrected chi connectivity index (χ3v) is 5.95. The summed E-state index contributed by atoms with van der Waals surface area (Å²) in [5.41, 5.74) is -2.07. The van der Waals surface area contributed by atoms with Gasteiger partial charge in [0, 0.05) is 13.1 Å². The predicted octanol–water partition coefficient (Wildman–Crippen LogP) is 0.333. The number of likely N-dealkylation sites (tertiary alicyclic amines) is 1. The molecule has 0 aromatic rings. The highest BCUT2D eigenvalue weighted by Gasteiger charge is 2.48. The van der Waals surface area contributed by atoms with Crippen LogP contribution in [-0.4, -0.2) is 36.5 Å². The Hall–Kier alpha value is 0.260. The van der Waals surface area contributed by atoms with E-state index in [9.17, 15) is 9.13 Å². The van der Waals surface area contributed by atoms with E-state index in [1.165, 1.54) is 6.54 Å².